The SMILES string of the molecule is CC1CN(c2n[nH]c3nc(NC4CCC(NS(=O)(=O)CCC(F)(F)F)CC4)ncc23)CCO1. The molecule has 2 aromatic heterocycles. The van der Waals surface area contributed by atoms with Crippen LogP contribution in [0.2, 0.25) is 0 Å². The molecule has 1 atom stereocenters. The molecule has 3 heterocycles. The molecule has 184 valence electrons. The van der Waals surface area contributed by atoms with Gasteiger partial charge in [-0.05, 0) is 32.6 Å². The van der Waals surface area contributed by atoms with Crippen LogP contribution in [0.15, 0.2) is 6.20 Å². The van der Waals surface area contributed by atoms with Crippen molar-refractivity contribution in [1.29, 1.82) is 0 Å². The van der Waals surface area contributed by atoms with Crippen molar-refractivity contribution in [2.24, 2.45) is 0 Å². The van der Waals surface area contributed by atoms with Crippen molar-refractivity contribution >= 4 is 32.8 Å². The van der Waals surface area contributed by atoms with E-state index in [-0.39, 0.29) is 18.2 Å². The van der Waals surface area contributed by atoms with E-state index in [0.29, 0.717) is 43.9 Å². The molecule has 33 heavy (non-hydrogen) atoms. The molecule has 0 aromatic carbocycles. The Morgan fingerprint density at radius 3 is 2.67 bits per heavy atom. The van der Waals surface area contributed by atoms with E-state index in [2.05, 4.69) is 35.1 Å². The highest BCUT2D eigenvalue weighted by atomic mass is 32.2. The lowest BCUT2D eigenvalue weighted by Gasteiger charge is -2.31. The van der Waals surface area contributed by atoms with E-state index in [1.165, 1.54) is 0 Å². The molecule has 1 aliphatic carbocycles. The van der Waals surface area contributed by atoms with Gasteiger partial charge in [0, 0.05) is 31.4 Å². The van der Waals surface area contributed by atoms with Crippen LogP contribution in [-0.2, 0) is 14.8 Å². The Labute approximate surface area is 189 Å². The van der Waals surface area contributed by atoms with E-state index in [9.17, 15) is 21.6 Å². The van der Waals surface area contributed by atoms with Crippen LogP contribution in [0.1, 0.15) is 39.0 Å². The summed E-state index contributed by atoms with van der Waals surface area (Å²) in [4.78, 5) is 11.1. The first kappa shape index (κ1) is 24.0. The fourth-order valence-electron chi connectivity index (χ4n) is 4.22. The van der Waals surface area contributed by atoms with E-state index in [1.807, 2.05) is 6.92 Å². The average Bonchev–Trinajstić information content (AvgIpc) is 3.17. The van der Waals surface area contributed by atoms with Gasteiger partial charge in [0.25, 0.3) is 0 Å². The quantitative estimate of drug-likeness (QED) is 0.538. The third-order valence-corrected chi connectivity index (χ3v) is 7.33. The number of hydrogen-bond donors (Lipinski definition) is 3. The molecule has 0 bridgehead atoms. The van der Waals surface area contributed by atoms with Gasteiger partial charge in [-0.1, -0.05) is 0 Å². The number of aromatic amines is 1. The van der Waals surface area contributed by atoms with E-state index < -0.39 is 28.4 Å². The van der Waals surface area contributed by atoms with Gasteiger partial charge in [-0.25, -0.2) is 18.1 Å². The van der Waals surface area contributed by atoms with E-state index >= 15 is 0 Å². The van der Waals surface area contributed by atoms with Crippen molar-refractivity contribution in [1.82, 2.24) is 24.9 Å². The molecule has 0 amide bonds. The van der Waals surface area contributed by atoms with Crippen LogP contribution in [0.25, 0.3) is 11.0 Å². The number of hydrogen-bond acceptors (Lipinski definition) is 8. The number of sulfonamides is 1. The first-order chi connectivity index (χ1) is 15.6. The standard InChI is InChI=1S/C19H28F3N7O3S/c1-12-11-29(7-8-32-12)17-15-10-23-18(25-16(15)26-27-17)24-13-2-4-14(5-3-13)28-33(30,31)9-6-19(20,21)22/h10,12-14,28H,2-9,11H2,1H3,(H2,23,24,25,26,27). The third-order valence-electron chi connectivity index (χ3n) is 5.90. The first-order valence-electron chi connectivity index (χ1n) is 11.0. The number of alkyl halides is 3. The lowest BCUT2D eigenvalue weighted by molar-refractivity contribution is -0.130. The molecule has 0 spiro atoms. The highest BCUT2D eigenvalue weighted by molar-refractivity contribution is 7.89. The Hall–Kier alpha value is -2.19. The predicted octanol–water partition coefficient (Wildman–Crippen LogP) is 2.17. The Kier molecular flexibility index (Phi) is 6.96. The van der Waals surface area contributed by atoms with E-state index in [4.69, 9.17) is 4.74 Å². The minimum Gasteiger partial charge on any atom is -0.375 e. The van der Waals surface area contributed by atoms with Crippen molar-refractivity contribution < 1.29 is 26.3 Å². The molecule has 1 aliphatic heterocycles. The van der Waals surface area contributed by atoms with Gasteiger partial charge in [0.05, 0.1) is 30.3 Å². The fraction of sp³-hybridized carbons (Fsp3) is 0.737. The first-order valence-corrected chi connectivity index (χ1v) is 12.6. The van der Waals surface area contributed by atoms with Crippen LogP contribution in [0.4, 0.5) is 24.9 Å². The second-order valence-electron chi connectivity index (χ2n) is 8.63. The number of H-pyrrole nitrogens is 1. The molecule has 1 saturated heterocycles. The van der Waals surface area contributed by atoms with Crippen LogP contribution in [-0.4, -0.2) is 78.4 Å². The summed E-state index contributed by atoms with van der Waals surface area (Å²) in [5, 5.41) is 11.4. The fourth-order valence-corrected chi connectivity index (χ4v) is 5.58. The Bertz CT molecular complexity index is 1050. The zero-order valence-corrected chi connectivity index (χ0v) is 19.0. The highest BCUT2D eigenvalue weighted by Crippen LogP contribution is 2.26. The zero-order valence-electron chi connectivity index (χ0n) is 18.2. The molecule has 1 saturated carbocycles. The smallest absolute Gasteiger partial charge is 0.375 e. The van der Waals surface area contributed by atoms with Crippen molar-refractivity contribution in [2.45, 2.75) is 63.4 Å². The van der Waals surface area contributed by atoms with Gasteiger partial charge in [-0.2, -0.15) is 23.3 Å². The van der Waals surface area contributed by atoms with Crippen molar-refractivity contribution in [3.8, 4) is 0 Å². The topological polar surface area (TPSA) is 125 Å². The molecule has 2 fully saturated rings. The number of nitrogens with zero attached hydrogens (tertiary/aromatic N) is 4. The summed E-state index contributed by atoms with van der Waals surface area (Å²) in [6.45, 7) is 4.13. The number of nitrogens with one attached hydrogen (secondary N) is 3. The Morgan fingerprint density at radius 1 is 1.24 bits per heavy atom. The van der Waals surface area contributed by atoms with E-state index in [0.717, 1.165) is 24.3 Å². The summed E-state index contributed by atoms with van der Waals surface area (Å²) < 4.78 is 68.7. The molecule has 2 aromatic rings. The lowest BCUT2D eigenvalue weighted by Crippen LogP contribution is -2.41. The van der Waals surface area contributed by atoms with E-state index in [1.54, 1.807) is 6.20 Å². The largest absolute Gasteiger partial charge is 0.390 e. The van der Waals surface area contributed by atoms with Crippen molar-refractivity contribution in [3.63, 3.8) is 0 Å². The second kappa shape index (κ2) is 9.58. The second-order valence-corrected chi connectivity index (χ2v) is 10.5. The summed E-state index contributed by atoms with van der Waals surface area (Å²) in [6, 6.07) is -0.323. The average molecular weight is 492 g/mol. The number of anilines is 2. The zero-order chi connectivity index (χ0) is 23.6. The lowest BCUT2D eigenvalue weighted by atomic mass is 9.92. The summed E-state index contributed by atoms with van der Waals surface area (Å²) >= 11 is 0. The van der Waals surface area contributed by atoms with Gasteiger partial charge in [-0.15, -0.1) is 0 Å². The van der Waals surface area contributed by atoms with Crippen LogP contribution in [0, 0.1) is 0 Å². The minimum atomic E-state index is -4.49. The molecule has 2 aliphatic rings. The van der Waals surface area contributed by atoms with Crippen LogP contribution >= 0.6 is 0 Å². The molecule has 0 radical (unpaired) electrons. The summed E-state index contributed by atoms with van der Waals surface area (Å²) in [6.07, 6.45) is -1.65. The maximum Gasteiger partial charge on any atom is 0.390 e. The third kappa shape index (κ3) is 6.44. The van der Waals surface area contributed by atoms with Gasteiger partial charge in [0.2, 0.25) is 16.0 Å². The number of fused-ring (bicyclic) bond motifs is 1. The highest BCUT2D eigenvalue weighted by Gasteiger charge is 2.32. The number of ether oxygens (including phenoxy) is 1. The maximum absolute atomic E-state index is 12.3. The number of morpholine rings is 1. The van der Waals surface area contributed by atoms with Gasteiger partial charge >= 0.3 is 6.18 Å². The summed E-state index contributed by atoms with van der Waals surface area (Å²) in [5.74, 6) is 0.296. The van der Waals surface area contributed by atoms with Crippen LogP contribution < -0.4 is 14.9 Å². The van der Waals surface area contributed by atoms with Gasteiger partial charge in [0.1, 0.15) is 0 Å². The molecule has 10 nitrogen and oxygen atoms in total. The Balaban J connectivity index is 1.30. The van der Waals surface area contributed by atoms with Gasteiger partial charge in [-0.3, -0.25) is 5.10 Å². The van der Waals surface area contributed by atoms with Crippen molar-refractivity contribution in [2.75, 3.05) is 35.7 Å². The molecule has 3 N–H and O–H groups in total. The monoisotopic (exact) mass is 491 g/mol. The molecule has 1 unspecified atom stereocenters. The normalized spacial score (nSPS) is 24.8. The molecule has 4 rings (SSSR count). The van der Waals surface area contributed by atoms with Gasteiger partial charge in [0.15, 0.2) is 11.5 Å². The number of aromatic nitrogens is 4. The number of rotatable bonds is 7. The summed E-state index contributed by atoms with van der Waals surface area (Å²) in [7, 11) is -3.96. The van der Waals surface area contributed by atoms with Gasteiger partial charge < -0.3 is 15.0 Å². The van der Waals surface area contributed by atoms with Crippen LogP contribution in [0.3, 0.4) is 0 Å². The summed E-state index contributed by atoms with van der Waals surface area (Å²) in [5.41, 5.74) is 0.618. The number of halogens is 3. The maximum atomic E-state index is 12.3. The Morgan fingerprint density at radius 2 is 1.97 bits per heavy atom. The van der Waals surface area contributed by atoms with Crippen molar-refractivity contribution in [3.05, 3.63) is 6.20 Å². The van der Waals surface area contributed by atoms with Crippen LogP contribution in [0.5, 0.6) is 0 Å². The minimum absolute atomic E-state index is 0.0425. The molecule has 14 heteroatoms. The predicted molar refractivity (Wildman–Crippen MR) is 117 cm³/mol. The molecular weight excluding hydrogens is 463 g/mol. The molecular formula is C19H28F3N7O3S.